The normalized spacial score (nSPS) is 11.5. The second-order valence-corrected chi connectivity index (χ2v) is 7.54. The molecule has 3 heterocycles. The molecule has 0 aliphatic rings. The molecular weight excluding hydrogens is 372 g/mol. The van der Waals surface area contributed by atoms with E-state index in [1.807, 2.05) is 44.3 Å². The second-order valence-electron chi connectivity index (χ2n) is 6.15. The van der Waals surface area contributed by atoms with Gasteiger partial charge in [-0.2, -0.15) is 4.98 Å². The fraction of sp³-hybridized carbons (Fsp3) is 0.294. The Hall–Kier alpha value is -2.45. The van der Waals surface area contributed by atoms with E-state index < -0.39 is 0 Å². The van der Waals surface area contributed by atoms with Crippen molar-refractivity contribution in [2.75, 3.05) is 11.9 Å². The van der Waals surface area contributed by atoms with Crippen LogP contribution >= 0.6 is 22.9 Å². The van der Waals surface area contributed by atoms with E-state index in [-0.39, 0.29) is 5.92 Å². The lowest BCUT2D eigenvalue weighted by molar-refractivity contribution is 0.373. The standard InChI is InChI=1S/C17H17ClN6OS/c1-10(2)15-21-14(25-23-15)7-8-19-16-22-24-9-13(20-17(24)26-16)11-3-5-12(18)6-4-11/h3-6,9-10H,7-8H2,1-2H3,(H,19,22). The summed E-state index contributed by atoms with van der Waals surface area (Å²) in [5.74, 6) is 1.64. The Bertz CT molecular complexity index is 988. The maximum absolute atomic E-state index is 5.93. The Morgan fingerprint density at radius 2 is 2.04 bits per heavy atom. The van der Waals surface area contributed by atoms with Crippen LogP contribution in [0.3, 0.4) is 0 Å². The van der Waals surface area contributed by atoms with Gasteiger partial charge < -0.3 is 9.84 Å². The lowest BCUT2D eigenvalue weighted by atomic mass is 10.2. The monoisotopic (exact) mass is 388 g/mol. The van der Waals surface area contributed by atoms with Crippen molar-refractivity contribution >= 4 is 33.0 Å². The SMILES string of the molecule is CC(C)c1noc(CCNc2nn3cc(-c4ccc(Cl)cc4)nc3s2)n1. The quantitative estimate of drug-likeness (QED) is 0.531. The van der Waals surface area contributed by atoms with E-state index in [0.717, 1.165) is 27.2 Å². The van der Waals surface area contributed by atoms with Crippen LogP contribution in [0.2, 0.25) is 5.02 Å². The number of hydrogen-bond acceptors (Lipinski definition) is 7. The van der Waals surface area contributed by atoms with Crippen LogP contribution in [-0.2, 0) is 6.42 Å². The lowest BCUT2D eigenvalue weighted by Crippen LogP contribution is -2.05. The minimum Gasteiger partial charge on any atom is -0.360 e. The number of benzene rings is 1. The molecule has 4 rings (SSSR count). The third-order valence-electron chi connectivity index (χ3n) is 3.80. The van der Waals surface area contributed by atoms with Crippen molar-refractivity contribution in [3.63, 3.8) is 0 Å². The van der Waals surface area contributed by atoms with Gasteiger partial charge >= 0.3 is 0 Å². The molecule has 134 valence electrons. The van der Waals surface area contributed by atoms with Crippen molar-refractivity contribution in [3.8, 4) is 11.3 Å². The van der Waals surface area contributed by atoms with Crippen LogP contribution in [0.25, 0.3) is 16.2 Å². The number of rotatable bonds is 6. The summed E-state index contributed by atoms with van der Waals surface area (Å²) in [5.41, 5.74) is 1.89. The molecule has 4 aromatic rings. The third-order valence-corrected chi connectivity index (χ3v) is 4.93. The Labute approximate surface area is 159 Å². The van der Waals surface area contributed by atoms with Crippen LogP contribution in [0.4, 0.5) is 5.13 Å². The lowest BCUT2D eigenvalue weighted by Gasteiger charge is -1.98. The van der Waals surface area contributed by atoms with Crippen LogP contribution in [0.1, 0.15) is 31.5 Å². The zero-order chi connectivity index (χ0) is 18.1. The zero-order valence-electron chi connectivity index (χ0n) is 14.3. The number of anilines is 1. The van der Waals surface area contributed by atoms with Crippen molar-refractivity contribution in [1.29, 1.82) is 0 Å². The predicted octanol–water partition coefficient (Wildman–Crippen LogP) is 4.27. The largest absolute Gasteiger partial charge is 0.360 e. The fourth-order valence-corrected chi connectivity index (χ4v) is 3.34. The van der Waals surface area contributed by atoms with E-state index >= 15 is 0 Å². The number of halogens is 1. The summed E-state index contributed by atoms with van der Waals surface area (Å²) < 4.78 is 7.01. The highest BCUT2D eigenvalue weighted by molar-refractivity contribution is 7.20. The molecule has 0 spiro atoms. The molecule has 0 fully saturated rings. The molecule has 0 radical (unpaired) electrons. The molecule has 1 aromatic carbocycles. The zero-order valence-corrected chi connectivity index (χ0v) is 15.9. The molecule has 9 heteroatoms. The molecule has 0 aliphatic carbocycles. The fourth-order valence-electron chi connectivity index (χ4n) is 2.41. The van der Waals surface area contributed by atoms with E-state index in [0.29, 0.717) is 23.9 Å². The highest BCUT2D eigenvalue weighted by Crippen LogP contribution is 2.25. The minimum absolute atomic E-state index is 0.266. The van der Waals surface area contributed by atoms with E-state index in [1.165, 1.54) is 11.3 Å². The van der Waals surface area contributed by atoms with Gasteiger partial charge in [-0.1, -0.05) is 54.1 Å². The maximum atomic E-state index is 5.93. The molecule has 0 saturated carbocycles. The van der Waals surface area contributed by atoms with Crippen LogP contribution in [-0.4, -0.2) is 31.3 Å². The van der Waals surface area contributed by atoms with Crippen molar-refractivity contribution < 1.29 is 4.52 Å². The summed E-state index contributed by atoms with van der Waals surface area (Å²) in [4.78, 5) is 9.81. The molecule has 1 N–H and O–H groups in total. The van der Waals surface area contributed by atoms with Crippen molar-refractivity contribution in [3.05, 3.63) is 47.2 Å². The number of aromatic nitrogens is 5. The summed E-state index contributed by atoms with van der Waals surface area (Å²) in [5, 5.41) is 13.3. The molecule has 0 unspecified atom stereocenters. The van der Waals surface area contributed by atoms with Crippen LogP contribution in [0, 0.1) is 0 Å². The van der Waals surface area contributed by atoms with Gasteiger partial charge in [0.15, 0.2) is 5.82 Å². The van der Waals surface area contributed by atoms with Gasteiger partial charge in [-0.15, -0.1) is 5.10 Å². The molecule has 0 bridgehead atoms. The van der Waals surface area contributed by atoms with Gasteiger partial charge in [0.25, 0.3) is 0 Å². The van der Waals surface area contributed by atoms with Gasteiger partial charge in [0.05, 0.1) is 11.9 Å². The van der Waals surface area contributed by atoms with Crippen molar-refractivity contribution in [2.45, 2.75) is 26.2 Å². The van der Waals surface area contributed by atoms with Crippen molar-refractivity contribution in [2.24, 2.45) is 0 Å². The summed E-state index contributed by atoms with van der Waals surface area (Å²) in [6.07, 6.45) is 2.56. The Morgan fingerprint density at radius 3 is 2.73 bits per heavy atom. The van der Waals surface area contributed by atoms with Crippen LogP contribution in [0.15, 0.2) is 35.0 Å². The number of nitrogens with one attached hydrogen (secondary N) is 1. The summed E-state index contributed by atoms with van der Waals surface area (Å²) >= 11 is 7.43. The van der Waals surface area contributed by atoms with Crippen LogP contribution in [0.5, 0.6) is 0 Å². The average molecular weight is 389 g/mol. The predicted molar refractivity (Wildman–Crippen MR) is 102 cm³/mol. The second kappa shape index (κ2) is 7.05. The summed E-state index contributed by atoms with van der Waals surface area (Å²) in [6.45, 7) is 4.74. The minimum atomic E-state index is 0.266. The van der Waals surface area contributed by atoms with Gasteiger partial charge in [-0.25, -0.2) is 9.50 Å². The highest BCUT2D eigenvalue weighted by Gasteiger charge is 2.11. The Kier molecular flexibility index (Phi) is 4.60. The Balaban J connectivity index is 1.40. The molecule has 0 aliphatic heterocycles. The number of hydrogen-bond donors (Lipinski definition) is 1. The van der Waals surface area contributed by atoms with Crippen molar-refractivity contribution in [1.82, 2.24) is 24.7 Å². The molecule has 26 heavy (non-hydrogen) atoms. The van der Waals surface area contributed by atoms with Gasteiger partial charge in [-0.3, -0.25) is 0 Å². The van der Waals surface area contributed by atoms with E-state index in [9.17, 15) is 0 Å². The van der Waals surface area contributed by atoms with Gasteiger partial charge in [0.2, 0.25) is 16.0 Å². The topological polar surface area (TPSA) is 81.1 Å². The maximum Gasteiger partial charge on any atom is 0.228 e. The van der Waals surface area contributed by atoms with Gasteiger partial charge in [-0.05, 0) is 12.1 Å². The number of fused-ring (bicyclic) bond motifs is 1. The number of nitrogens with zero attached hydrogens (tertiary/aromatic N) is 5. The van der Waals surface area contributed by atoms with E-state index in [2.05, 4.69) is 25.5 Å². The first-order chi connectivity index (χ1) is 12.6. The molecule has 0 amide bonds. The summed E-state index contributed by atoms with van der Waals surface area (Å²) in [7, 11) is 0. The first-order valence-electron chi connectivity index (χ1n) is 8.27. The highest BCUT2D eigenvalue weighted by atomic mass is 35.5. The van der Waals surface area contributed by atoms with E-state index in [1.54, 1.807) is 4.52 Å². The van der Waals surface area contributed by atoms with Gasteiger partial charge in [0.1, 0.15) is 0 Å². The van der Waals surface area contributed by atoms with Gasteiger partial charge in [0, 0.05) is 29.5 Å². The number of imidazole rings is 1. The first-order valence-corrected chi connectivity index (χ1v) is 9.46. The van der Waals surface area contributed by atoms with E-state index in [4.69, 9.17) is 16.1 Å². The Morgan fingerprint density at radius 1 is 1.23 bits per heavy atom. The van der Waals surface area contributed by atoms with Crippen LogP contribution < -0.4 is 5.32 Å². The average Bonchev–Trinajstić information content (AvgIpc) is 3.30. The third kappa shape index (κ3) is 3.56. The molecule has 0 saturated heterocycles. The smallest absolute Gasteiger partial charge is 0.228 e. The molecule has 3 aromatic heterocycles. The summed E-state index contributed by atoms with van der Waals surface area (Å²) in [6, 6.07) is 7.60. The molecule has 0 atom stereocenters. The molecule has 7 nitrogen and oxygen atoms in total. The molecular formula is C17H17ClN6OS. The first kappa shape index (κ1) is 17.0.